The van der Waals surface area contributed by atoms with E-state index in [0.29, 0.717) is 0 Å². The van der Waals surface area contributed by atoms with Crippen LogP contribution in [0.2, 0.25) is 0 Å². The third-order valence-electron chi connectivity index (χ3n) is 0.898. The van der Waals surface area contributed by atoms with E-state index in [1.165, 1.54) is 6.92 Å². The quantitative estimate of drug-likeness (QED) is 0.347. The molecule has 1 unspecified atom stereocenters. The van der Waals surface area contributed by atoms with E-state index in [-0.39, 0.29) is 12.1 Å². The Morgan fingerprint density at radius 2 is 2.11 bits per heavy atom. The second kappa shape index (κ2) is 4.29. The smallest absolute Gasteiger partial charge is 0.231 e. The van der Waals surface area contributed by atoms with Gasteiger partial charge in [0, 0.05) is 6.92 Å². The minimum Gasteiger partial charge on any atom is -0.304 e. The summed E-state index contributed by atoms with van der Waals surface area (Å²) < 4.78 is 0. The first-order valence-corrected chi connectivity index (χ1v) is 2.86. The summed E-state index contributed by atoms with van der Waals surface area (Å²) in [7, 11) is 1.81. The average molecular weight is 131 g/mol. The number of rotatable bonds is 3. The van der Waals surface area contributed by atoms with Crippen molar-refractivity contribution in [2.75, 3.05) is 7.05 Å². The van der Waals surface area contributed by atoms with E-state index >= 15 is 0 Å². The highest BCUT2D eigenvalue weighted by Gasteiger charge is 1.94. The molecule has 0 bridgehead atoms. The standard InChI is InChI=1S/C5H13N3O/c1-4(6-3)7-8-5(2)9/h4,6-7H,1-3H3,(H,8,9). The lowest BCUT2D eigenvalue weighted by atomic mass is 10.6. The van der Waals surface area contributed by atoms with Crippen LogP contribution >= 0.6 is 0 Å². The molecule has 0 saturated heterocycles. The summed E-state index contributed by atoms with van der Waals surface area (Å²) >= 11 is 0. The zero-order chi connectivity index (χ0) is 7.28. The molecule has 0 rings (SSSR count). The van der Waals surface area contributed by atoms with Gasteiger partial charge in [-0.1, -0.05) is 0 Å². The average Bonchev–Trinajstić information content (AvgIpc) is 1.83. The highest BCUT2D eigenvalue weighted by molar-refractivity contribution is 5.72. The van der Waals surface area contributed by atoms with Crippen molar-refractivity contribution in [3.63, 3.8) is 0 Å². The molecule has 0 aliphatic heterocycles. The number of carbonyl (C=O) groups excluding carboxylic acids is 1. The van der Waals surface area contributed by atoms with Gasteiger partial charge in [-0.15, -0.1) is 0 Å². The van der Waals surface area contributed by atoms with Crippen molar-refractivity contribution in [1.29, 1.82) is 0 Å². The Kier molecular flexibility index (Phi) is 4.00. The van der Waals surface area contributed by atoms with E-state index in [9.17, 15) is 4.79 Å². The van der Waals surface area contributed by atoms with Crippen LogP contribution in [0.1, 0.15) is 13.8 Å². The first-order chi connectivity index (χ1) is 4.16. The predicted molar refractivity (Wildman–Crippen MR) is 35.5 cm³/mol. The van der Waals surface area contributed by atoms with Crippen LogP contribution in [-0.2, 0) is 4.79 Å². The van der Waals surface area contributed by atoms with E-state index in [4.69, 9.17) is 0 Å². The van der Waals surface area contributed by atoms with Crippen molar-refractivity contribution >= 4 is 5.91 Å². The number of hydrogen-bond donors (Lipinski definition) is 3. The molecule has 0 aromatic heterocycles. The molecule has 0 aromatic rings. The first-order valence-electron chi connectivity index (χ1n) is 2.86. The summed E-state index contributed by atoms with van der Waals surface area (Å²) in [6.07, 6.45) is 0.105. The second-order valence-corrected chi connectivity index (χ2v) is 1.84. The van der Waals surface area contributed by atoms with Crippen molar-refractivity contribution in [3.05, 3.63) is 0 Å². The van der Waals surface area contributed by atoms with Crippen LogP contribution in [0.4, 0.5) is 0 Å². The van der Waals surface area contributed by atoms with E-state index in [0.717, 1.165) is 0 Å². The van der Waals surface area contributed by atoms with Gasteiger partial charge in [-0.3, -0.25) is 10.2 Å². The molecule has 0 radical (unpaired) electrons. The number of hydrazine groups is 1. The van der Waals surface area contributed by atoms with Gasteiger partial charge in [0.05, 0.1) is 6.17 Å². The van der Waals surface area contributed by atoms with Gasteiger partial charge in [0.2, 0.25) is 5.91 Å². The van der Waals surface area contributed by atoms with Gasteiger partial charge < -0.3 is 5.32 Å². The minimum atomic E-state index is -0.0860. The van der Waals surface area contributed by atoms with Gasteiger partial charge in [0.1, 0.15) is 0 Å². The number of amides is 1. The topological polar surface area (TPSA) is 53.2 Å². The Labute approximate surface area is 55.0 Å². The summed E-state index contributed by atoms with van der Waals surface area (Å²) in [6.45, 7) is 3.35. The molecular formula is C5H13N3O. The predicted octanol–water partition coefficient (Wildman–Crippen LogP) is -0.807. The van der Waals surface area contributed by atoms with Crippen LogP contribution in [0.15, 0.2) is 0 Å². The van der Waals surface area contributed by atoms with E-state index in [1.807, 2.05) is 6.92 Å². The maximum absolute atomic E-state index is 10.3. The fourth-order valence-corrected chi connectivity index (χ4v) is 0.282. The van der Waals surface area contributed by atoms with E-state index in [2.05, 4.69) is 16.2 Å². The molecule has 0 aromatic carbocycles. The van der Waals surface area contributed by atoms with Crippen LogP contribution in [0, 0.1) is 0 Å². The molecule has 3 N–H and O–H groups in total. The Bertz CT molecular complexity index is 94.2. The third-order valence-corrected chi connectivity index (χ3v) is 0.898. The molecule has 0 aliphatic rings. The lowest BCUT2D eigenvalue weighted by Gasteiger charge is -2.11. The molecular weight excluding hydrogens is 118 g/mol. The van der Waals surface area contributed by atoms with Gasteiger partial charge in [-0.05, 0) is 14.0 Å². The Balaban J connectivity index is 3.16. The van der Waals surface area contributed by atoms with Crippen molar-refractivity contribution in [2.24, 2.45) is 0 Å². The molecule has 0 spiro atoms. The number of carbonyl (C=O) groups is 1. The van der Waals surface area contributed by atoms with Crippen molar-refractivity contribution in [1.82, 2.24) is 16.2 Å². The summed E-state index contributed by atoms with van der Waals surface area (Å²) in [4.78, 5) is 10.3. The van der Waals surface area contributed by atoms with Crippen molar-refractivity contribution < 1.29 is 4.79 Å². The second-order valence-electron chi connectivity index (χ2n) is 1.84. The van der Waals surface area contributed by atoms with Crippen molar-refractivity contribution in [2.45, 2.75) is 20.0 Å². The third kappa shape index (κ3) is 5.26. The van der Waals surface area contributed by atoms with Gasteiger partial charge in [-0.25, -0.2) is 5.43 Å². The van der Waals surface area contributed by atoms with Crippen LogP contribution < -0.4 is 16.2 Å². The molecule has 9 heavy (non-hydrogen) atoms. The molecule has 0 fully saturated rings. The number of nitrogens with one attached hydrogen (secondary N) is 3. The fraction of sp³-hybridized carbons (Fsp3) is 0.800. The molecule has 1 amide bonds. The highest BCUT2D eigenvalue weighted by Crippen LogP contribution is 1.65. The maximum Gasteiger partial charge on any atom is 0.231 e. The lowest BCUT2D eigenvalue weighted by Crippen LogP contribution is -2.47. The largest absolute Gasteiger partial charge is 0.304 e. The summed E-state index contributed by atoms with van der Waals surface area (Å²) in [6, 6.07) is 0. The molecule has 0 heterocycles. The molecule has 1 atom stereocenters. The molecule has 0 aliphatic carbocycles. The minimum absolute atomic E-state index is 0.0860. The maximum atomic E-state index is 10.3. The van der Waals surface area contributed by atoms with Gasteiger partial charge in [0.25, 0.3) is 0 Å². The highest BCUT2D eigenvalue weighted by atomic mass is 16.2. The van der Waals surface area contributed by atoms with E-state index < -0.39 is 0 Å². The first kappa shape index (κ1) is 8.39. The van der Waals surface area contributed by atoms with Crippen LogP contribution in [0.3, 0.4) is 0 Å². The summed E-state index contributed by atoms with van der Waals surface area (Å²) in [5.41, 5.74) is 5.17. The van der Waals surface area contributed by atoms with E-state index in [1.54, 1.807) is 7.05 Å². The molecule has 0 saturated carbocycles. The Hall–Kier alpha value is -0.610. The lowest BCUT2D eigenvalue weighted by molar-refractivity contribution is -0.120. The SMILES string of the molecule is CNC(C)NNC(C)=O. The number of hydrogen-bond acceptors (Lipinski definition) is 3. The fourth-order valence-electron chi connectivity index (χ4n) is 0.282. The van der Waals surface area contributed by atoms with Crippen LogP contribution in [0.25, 0.3) is 0 Å². The normalized spacial score (nSPS) is 12.8. The van der Waals surface area contributed by atoms with Crippen molar-refractivity contribution in [3.8, 4) is 0 Å². The van der Waals surface area contributed by atoms with Crippen LogP contribution in [0.5, 0.6) is 0 Å². The van der Waals surface area contributed by atoms with Gasteiger partial charge in [0.15, 0.2) is 0 Å². The van der Waals surface area contributed by atoms with Crippen LogP contribution in [-0.4, -0.2) is 19.1 Å². The Morgan fingerprint density at radius 1 is 1.56 bits per heavy atom. The summed E-state index contributed by atoms with van der Waals surface area (Å²) in [5.74, 6) is -0.0860. The van der Waals surface area contributed by atoms with Gasteiger partial charge in [-0.2, -0.15) is 0 Å². The monoisotopic (exact) mass is 131 g/mol. The van der Waals surface area contributed by atoms with Gasteiger partial charge >= 0.3 is 0 Å². The molecule has 54 valence electrons. The Morgan fingerprint density at radius 3 is 2.44 bits per heavy atom. The zero-order valence-electron chi connectivity index (χ0n) is 5.99. The zero-order valence-corrected chi connectivity index (χ0v) is 5.99. The molecule has 4 nitrogen and oxygen atoms in total. The molecule has 4 heteroatoms. The summed E-state index contributed by atoms with van der Waals surface area (Å²) in [5, 5.41) is 2.89.